The third kappa shape index (κ3) is 2.75. The molecule has 0 bridgehead atoms. The summed E-state index contributed by atoms with van der Waals surface area (Å²) in [4.78, 5) is 0. The normalized spacial score (nSPS) is 14.0. The first kappa shape index (κ1) is 13.8. The molecule has 1 heterocycles. The molecule has 1 saturated carbocycles. The molecule has 1 aromatic heterocycles. The number of hydrogen-bond acceptors (Lipinski definition) is 5. The van der Waals surface area contributed by atoms with Crippen LogP contribution in [0.4, 0.5) is 11.4 Å². The first-order valence-corrected chi connectivity index (χ1v) is 7.72. The number of anilines is 2. The minimum atomic E-state index is 0.542. The van der Waals surface area contributed by atoms with Gasteiger partial charge in [0.1, 0.15) is 0 Å². The van der Waals surface area contributed by atoms with Crippen LogP contribution in [0.1, 0.15) is 18.4 Å². The van der Waals surface area contributed by atoms with E-state index in [4.69, 9.17) is 5.73 Å². The molecule has 23 heavy (non-hydrogen) atoms. The van der Waals surface area contributed by atoms with Crippen LogP contribution in [-0.2, 0) is 0 Å². The van der Waals surface area contributed by atoms with Gasteiger partial charge in [0, 0.05) is 11.6 Å². The van der Waals surface area contributed by atoms with Crippen molar-refractivity contribution >= 4 is 11.4 Å². The highest BCUT2D eigenvalue weighted by atomic mass is 15.5. The molecule has 116 valence electrons. The van der Waals surface area contributed by atoms with Crippen LogP contribution in [0.2, 0.25) is 0 Å². The third-order valence-corrected chi connectivity index (χ3v) is 4.00. The molecule has 0 amide bonds. The zero-order valence-corrected chi connectivity index (χ0v) is 12.9. The molecule has 0 unspecified atom stereocenters. The number of tetrazole rings is 1. The van der Waals surface area contributed by atoms with E-state index in [1.807, 2.05) is 42.5 Å². The highest BCUT2D eigenvalue weighted by Crippen LogP contribution is 2.31. The van der Waals surface area contributed by atoms with Crippen LogP contribution in [-0.4, -0.2) is 26.2 Å². The van der Waals surface area contributed by atoms with E-state index in [0.29, 0.717) is 11.9 Å². The lowest BCUT2D eigenvalue weighted by Gasteiger charge is -2.11. The lowest BCUT2D eigenvalue weighted by Crippen LogP contribution is -2.05. The van der Waals surface area contributed by atoms with E-state index >= 15 is 0 Å². The van der Waals surface area contributed by atoms with Crippen LogP contribution in [0.3, 0.4) is 0 Å². The monoisotopic (exact) mass is 306 g/mol. The summed E-state index contributed by atoms with van der Waals surface area (Å²) in [7, 11) is 0. The predicted molar refractivity (Wildman–Crippen MR) is 90.4 cm³/mol. The fourth-order valence-electron chi connectivity index (χ4n) is 2.49. The van der Waals surface area contributed by atoms with E-state index in [9.17, 15) is 0 Å². The molecule has 1 aliphatic rings. The van der Waals surface area contributed by atoms with Crippen LogP contribution in [0, 0.1) is 6.92 Å². The van der Waals surface area contributed by atoms with Crippen molar-refractivity contribution in [3.05, 3.63) is 48.0 Å². The van der Waals surface area contributed by atoms with Gasteiger partial charge in [-0.25, -0.2) is 0 Å². The van der Waals surface area contributed by atoms with Crippen LogP contribution in [0.5, 0.6) is 0 Å². The second-order valence-corrected chi connectivity index (χ2v) is 5.97. The van der Waals surface area contributed by atoms with Gasteiger partial charge in [-0.05, 0) is 60.5 Å². The van der Waals surface area contributed by atoms with Crippen molar-refractivity contribution in [2.75, 3.05) is 11.1 Å². The summed E-state index contributed by atoms with van der Waals surface area (Å²) in [5.41, 5.74) is 10.8. The molecule has 0 saturated heterocycles. The average Bonchev–Trinajstić information content (AvgIpc) is 3.23. The average molecular weight is 306 g/mol. The molecular formula is C17H18N6. The summed E-state index contributed by atoms with van der Waals surface area (Å²) in [6.45, 7) is 2.06. The minimum absolute atomic E-state index is 0.542. The Morgan fingerprint density at radius 1 is 1.13 bits per heavy atom. The zero-order valence-electron chi connectivity index (χ0n) is 12.9. The Balaban J connectivity index is 1.73. The molecule has 3 aromatic rings. The lowest BCUT2D eigenvalue weighted by molar-refractivity contribution is 0.791. The molecular weight excluding hydrogens is 288 g/mol. The molecule has 2 aromatic carbocycles. The number of nitrogen functional groups attached to an aromatic ring is 1. The topological polar surface area (TPSA) is 81.7 Å². The van der Waals surface area contributed by atoms with Gasteiger partial charge in [-0.15, -0.1) is 5.10 Å². The van der Waals surface area contributed by atoms with Crippen LogP contribution in [0.15, 0.2) is 42.5 Å². The number of benzene rings is 2. The fourth-order valence-corrected chi connectivity index (χ4v) is 2.49. The van der Waals surface area contributed by atoms with Crippen LogP contribution < -0.4 is 11.1 Å². The molecule has 0 atom stereocenters. The van der Waals surface area contributed by atoms with E-state index < -0.39 is 0 Å². The SMILES string of the molecule is Cc1ccc(-n2nnnc2-c2ccc(N)c(NC3CC3)c2)cc1. The second kappa shape index (κ2) is 5.39. The van der Waals surface area contributed by atoms with Crippen molar-refractivity contribution in [1.29, 1.82) is 0 Å². The Morgan fingerprint density at radius 2 is 1.91 bits per heavy atom. The summed E-state index contributed by atoms with van der Waals surface area (Å²) >= 11 is 0. The number of nitrogens with two attached hydrogens (primary N) is 1. The van der Waals surface area contributed by atoms with Crippen molar-refractivity contribution in [2.45, 2.75) is 25.8 Å². The Kier molecular flexibility index (Phi) is 3.22. The number of aryl methyl sites for hydroxylation is 1. The maximum atomic E-state index is 6.06. The van der Waals surface area contributed by atoms with Gasteiger partial charge in [0.2, 0.25) is 0 Å². The molecule has 6 nitrogen and oxygen atoms in total. The van der Waals surface area contributed by atoms with Gasteiger partial charge in [0.25, 0.3) is 0 Å². The maximum Gasteiger partial charge on any atom is 0.187 e. The van der Waals surface area contributed by atoms with Gasteiger partial charge >= 0.3 is 0 Å². The Labute approximate surface area is 134 Å². The third-order valence-electron chi connectivity index (χ3n) is 4.00. The van der Waals surface area contributed by atoms with Crippen molar-refractivity contribution in [3.63, 3.8) is 0 Å². The number of hydrogen-bond donors (Lipinski definition) is 2. The Morgan fingerprint density at radius 3 is 2.65 bits per heavy atom. The van der Waals surface area contributed by atoms with Gasteiger partial charge < -0.3 is 11.1 Å². The fraction of sp³-hybridized carbons (Fsp3) is 0.235. The molecule has 6 heteroatoms. The smallest absolute Gasteiger partial charge is 0.187 e. The summed E-state index contributed by atoms with van der Waals surface area (Å²) in [6, 6.07) is 14.5. The van der Waals surface area contributed by atoms with E-state index in [1.54, 1.807) is 4.68 Å². The maximum absolute atomic E-state index is 6.06. The predicted octanol–water partition coefficient (Wildman–Crippen LogP) is 2.79. The van der Waals surface area contributed by atoms with Gasteiger partial charge in [0.05, 0.1) is 17.1 Å². The Hall–Kier alpha value is -2.89. The standard InChI is InChI=1S/C17H18N6/c1-11-2-7-14(8-3-11)23-17(20-21-22-23)12-4-9-15(18)16(10-12)19-13-5-6-13/h2-4,7-10,13,19H,5-6,18H2,1H3. The van der Waals surface area contributed by atoms with Crippen molar-refractivity contribution in [1.82, 2.24) is 20.2 Å². The Bertz CT molecular complexity index is 833. The lowest BCUT2D eigenvalue weighted by atomic mass is 10.1. The number of nitrogens with one attached hydrogen (secondary N) is 1. The van der Waals surface area contributed by atoms with Gasteiger partial charge in [0.15, 0.2) is 5.82 Å². The first-order valence-electron chi connectivity index (χ1n) is 7.72. The summed E-state index contributed by atoms with van der Waals surface area (Å²) in [5.74, 6) is 0.702. The van der Waals surface area contributed by atoms with E-state index in [0.717, 1.165) is 22.6 Å². The quantitative estimate of drug-likeness (QED) is 0.724. The molecule has 0 radical (unpaired) electrons. The second-order valence-electron chi connectivity index (χ2n) is 5.97. The highest BCUT2D eigenvalue weighted by Gasteiger charge is 2.22. The largest absolute Gasteiger partial charge is 0.397 e. The van der Waals surface area contributed by atoms with E-state index in [-0.39, 0.29) is 0 Å². The number of nitrogens with zero attached hydrogens (tertiary/aromatic N) is 4. The first-order chi connectivity index (χ1) is 11.2. The summed E-state index contributed by atoms with van der Waals surface area (Å²) in [6.07, 6.45) is 2.40. The van der Waals surface area contributed by atoms with Gasteiger partial charge in [-0.1, -0.05) is 17.7 Å². The van der Waals surface area contributed by atoms with Crippen LogP contribution >= 0.6 is 0 Å². The van der Waals surface area contributed by atoms with E-state index in [1.165, 1.54) is 18.4 Å². The van der Waals surface area contributed by atoms with E-state index in [2.05, 4.69) is 27.8 Å². The molecule has 1 fully saturated rings. The zero-order chi connectivity index (χ0) is 15.8. The number of rotatable bonds is 4. The van der Waals surface area contributed by atoms with Crippen molar-refractivity contribution in [3.8, 4) is 17.1 Å². The van der Waals surface area contributed by atoms with Crippen molar-refractivity contribution < 1.29 is 0 Å². The highest BCUT2D eigenvalue weighted by molar-refractivity contribution is 5.74. The molecule has 0 aliphatic heterocycles. The number of aromatic nitrogens is 4. The minimum Gasteiger partial charge on any atom is -0.397 e. The summed E-state index contributed by atoms with van der Waals surface area (Å²) < 4.78 is 1.74. The van der Waals surface area contributed by atoms with Gasteiger partial charge in [-0.2, -0.15) is 4.68 Å². The molecule has 0 spiro atoms. The molecule has 3 N–H and O–H groups in total. The van der Waals surface area contributed by atoms with Crippen LogP contribution in [0.25, 0.3) is 17.1 Å². The summed E-state index contributed by atoms with van der Waals surface area (Å²) in [5, 5.41) is 15.6. The van der Waals surface area contributed by atoms with Gasteiger partial charge in [-0.3, -0.25) is 0 Å². The molecule has 4 rings (SSSR count). The van der Waals surface area contributed by atoms with Crippen molar-refractivity contribution in [2.24, 2.45) is 0 Å². The molecule has 1 aliphatic carbocycles.